The van der Waals surface area contributed by atoms with Gasteiger partial charge in [-0.25, -0.2) is 4.79 Å². The van der Waals surface area contributed by atoms with Gasteiger partial charge in [0.05, 0.1) is 6.61 Å². The van der Waals surface area contributed by atoms with Gasteiger partial charge in [0.2, 0.25) is 0 Å². The molecule has 0 aromatic rings. The van der Waals surface area contributed by atoms with E-state index in [0.717, 1.165) is 0 Å². The Bertz CT molecular complexity index is 241. The van der Waals surface area contributed by atoms with Crippen molar-refractivity contribution in [3.63, 3.8) is 0 Å². The maximum Gasteiger partial charge on any atom is 0.338 e. The van der Waals surface area contributed by atoms with Crippen molar-refractivity contribution in [3.05, 3.63) is 0 Å². The Hall–Kier alpha value is 1.03. The number of esters is 1. The van der Waals surface area contributed by atoms with Crippen molar-refractivity contribution in [2.45, 2.75) is 24.4 Å². The summed E-state index contributed by atoms with van der Waals surface area (Å²) in [6.45, 7) is 0.198. The van der Waals surface area contributed by atoms with Crippen molar-refractivity contribution in [3.8, 4) is 0 Å². The van der Waals surface area contributed by atoms with Crippen molar-refractivity contribution in [1.29, 1.82) is 0 Å². The maximum absolute atomic E-state index is 11.6. The second kappa shape index (κ2) is 7.46. The van der Waals surface area contributed by atoms with Crippen LogP contribution in [0.3, 0.4) is 0 Å². The zero-order valence-corrected chi connectivity index (χ0v) is 12.9. The first-order valence-electron chi connectivity index (χ1n) is 4.28. The second-order valence-electron chi connectivity index (χ2n) is 3.07. The number of ether oxygens (including phenoxy) is 1. The molecule has 0 amide bonds. The fourth-order valence-electron chi connectivity index (χ4n) is 1.47. The van der Waals surface area contributed by atoms with Crippen LogP contribution in [0.5, 0.6) is 0 Å². The van der Waals surface area contributed by atoms with Gasteiger partial charge >= 0.3 is 5.97 Å². The van der Waals surface area contributed by atoms with Crippen LogP contribution >= 0.6 is 37.9 Å². The normalized spacial score (nSPS) is 34.9. The first-order chi connectivity index (χ1) is 7.69. The van der Waals surface area contributed by atoms with Crippen LogP contribution in [-0.4, -0.2) is 37.0 Å². The molecule has 0 N–H and O–H groups in total. The molecule has 0 aromatic carbocycles. The first kappa shape index (κ1) is 15.1. The number of carbonyl (C=O) groups is 1. The molecular weight excluding hydrogens is 292 g/mol. The van der Waals surface area contributed by atoms with Crippen LogP contribution < -0.4 is 0 Å². The third-order valence-corrected chi connectivity index (χ3v) is 3.32. The molecule has 0 bridgehead atoms. The summed E-state index contributed by atoms with van der Waals surface area (Å²) in [6.07, 6.45) is -2.43. The fraction of sp³-hybridized carbons (Fsp3) is 0.833. The van der Waals surface area contributed by atoms with Gasteiger partial charge in [-0.05, 0) is 0 Å². The van der Waals surface area contributed by atoms with E-state index in [1.54, 1.807) is 0 Å². The predicted octanol–water partition coefficient (Wildman–Crippen LogP) is 0.244. The summed E-state index contributed by atoms with van der Waals surface area (Å²) in [7, 11) is 8.30. The monoisotopic (exact) mass is 306 g/mol. The van der Waals surface area contributed by atoms with Gasteiger partial charge in [0, 0.05) is 37.9 Å². The van der Waals surface area contributed by atoms with Crippen LogP contribution in [0.25, 0.3) is 0 Å². The quantitative estimate of drug-likeness (QED) is 0.536. The highest BCUT2D eigenvalue weighted by molar-refractivity contribution is 7.10. The lowest BCUT2D eigenvalue weighted by Crippen LogP contribution is -2.57. The van der Waals surface area contributed by atoms with Crippen LogP contribution in [0.15, 0.2) is 0 Å². The zero-order valence-electron chi connectivity index (χ0n) is 8.28. The summed E-state index contributed by atoms with van der Waals surface area (Å²) in [4.78, 5) is 11.6. The molecule has 0 spiro atoms. The molecule has 0 saturated carbocycles. The van der Waals surface area contributed by atoms with E-state index in [1.807, 2.05) is 9.47 Å². The van der Waals surface area contributed by atoms with Crippen LogP contribution in [0.4, 0.5) is 0 Å². The summed E-state index contributed by atoms with van der Waals surface area (Å²) in [5.74, 6) is -0.507. The topological polar surface area (TPSA) is 63.2 Å². The van der Waals surface area contributed by atoms with Crippen molar-refractivity contribution < 1.29 is 27.6 Å². The van der Waals surface area contributed by atoms with Gasteiger partial charge in [-0.15, -0.1) is 0 Å². The molecule has 1 fully saturated rings. The van der Waals surface area contributed by atoms with Gasteiger partial charge in [0.25, 0.3) is 0 Å². The summed E-state index contributed by atoms with van der Waals surface area (Å²) in [5, 5.41) is 0. The Labute approximate surface area is 103 Å². The summed E-state index contributed by atoms with van der Waals surface area (Å²) < 4.78 is 25.2. The number of carbonyl (C=O) groups excluding carboxylic acids is 1. The lowest BCUT2D eigenvalue weighted by molar-refractivity contribution is -0.191. The minimum atomic E-state index is -0.839. The zero-order chi connectivity index (χ0) is 12.1. The van der Waals surface area contributed by atoms with E-state index in [2.05, 4.69) is 28.4 Å². The Balaban J connectivity index is 2.83. The standard InChI is InChI=1S/C6H14O6P4/c7-6-5(12-16)4(11-15)3(10-14)2(9-6)1-8-13/h2-5H,1,13-16H2/t2-,3?,4+,5-/m1/s1. The Morgan fingerprint density at radius 2 is 1.69 bits per heavy atom. The largest absolute Gasteiger partial charge is 0.455 e. The minimum absolute atomic E-state index is 0.198. The third kappa shape index (κ3) is 3.28. The summed E-state index contributed by atoms with van der Waals surface area (Å²) in [6, 6.07) is 0. The van der Waals surface area contributed by atoms with Gasteiger partial charge in [0.1, 0.15) is 12.2 Å². The number of hydrogen-bond acceptors (Lipinski definition) is 6. The average Bonchev–Trinajstić information content (AvgIpc) is 2.28. The van der Waals surface area contributed by atoms with Gasteiger partial charge in [-0.1, -0.05) is 0 Å². The maximum atomic E-state index is 11.6. The van der Waals surface area contributed by atoms with Crippen molar-refractivity contribution in [2.75, 3.05) is 6.61 Å². The highest BCUT2D eigenvalue weighted by Gasteiger charge is 2.47. The Morgan fingerprint density at radius 1 is 1.06 bits per heavy atom. The number of cyclic esters (lactones) is 1. The first-order valence-corrected chi connectivity index (χ1v) is 6.17. The van der Waals surface area contributed by atoms with Gasteiger partial charge in [-0.2, -0.15) is 0 Å². The third-order valence-electron chi connectivity index (χ3n) is 2.21. The van der Waals surface area contributed by atoms with Crippen molar-refractivity contribution in [2.24, 2.45) is 0 Å². The molecule has 1 aliphatic rings. The molecule has 1 heterocycles. The molecule has 6 nitrogen and oxygen atoms in total. The van der Waals surface area contributed by atoms with Crippen molar-refractivity contribution in [1.82, 2.24) is 0 Å². The molecule has 10 heteroatoms. The van der Waals surface area contributed by atoms with Crippen LogP contribution in [-0.2, 0) is 27.6 Å². The smallest absolute Gasteiger partial charge is 0.338 e. The van der Waals surface area contributed by atoms with E-state index in [-0.39, 0.29) is 6.61 Å². The highest BCUT2D eigenvalue weighted by Crippen LogP contribution is 2.28. The molecule has 8 atom stereocenters. The number of hydrogen-bond donors (Lipinski definition) is 0. The number of rotatable bonds is 5. The SMILES string of the molecule is O=C1O[C@H](COP)C(OP)[C@H](OP)[C@H]1OP. The lowest BCUT2D eigenvalue weighted by atomic mass is 10.0. The van der Waals surface area contributed by atoms with Gasteiger partial charge < -0.3 is 22.8 Å². The predicted molar refractivity (Wildman–Crippen MR) is 69.3 cm³/mol. The second-order valence-corrected chi connectivity index (χ2v) is 4.22. The van der Waals surface area contributed by atoms with E-state index >= 15 is 0 Å². The molecule has 1 saturated heterocycles. The lowest BCUT2D eigenvalue weighted by Gasteiger charge is -2.38. The molecule has 1 aliphatic heterocycles. The molecular formula is C6H14O6P4. The van der Waals surface area contributed by atoms with Crippen LogP contribution in [0.1, 0.15) is 0 Å². The molecule has 1 rings (SSSR count). The van der Waals surface area contributed by atoms with Gasteiger partial charge in [0.15, 0.2) is 12.2 Å². The van der Waals surface area contributed by atoms with Crippen molar-refractivity contribution >= 4 is 43.8 Å². The molecule has 94 valence electrons. The Kier molecular flexibility index (Phi) is 7.04. The average molecular weight is 306 g/mol. The van der Waals surface area contributed by atoms with E-state index in [0.29, 0.717) is 0 Å². The van der Waals surface area contributed by atoms with E-state index < -0.39 is 30.4 Å². The highest BCUT2D eigenvalue weighted by atomic mass is 31.0. The van der Waals surface area contributed by atoms with E-state index in [1.165, 1.54) is 0 Å². The molecule has 16 heavy (non-hydrogen) atoms. The summed E-state index contributed by atoms with van der Waals surface area (Å²) >= 11 is 0. The molecule has 0 aromatic heterocycles. The molecule has 0 aliphatic carbocycles. The minimum Gasteiger partial charge on any atom is -0.455 e. The van der Waals surface area contributed by atoms with E-state index in [9.17, 15) is 4.79 Å². The van der Waals surface area contributed by atoms with E-state index in [4.69, 9.17) is 22.8 Å². The fourth-order valence-corrected chi connectivity index (χ4v) is 2.56. The van der Waals surface area contributed by atoms with Gasteiger partial charge in [-0.3, -0.25) is 0 Å². The molecule has 0 radical (unpaired) electrons. The Morgan fingerprint density at radius 3 is 2.12 bits per heavy atom. The summed E-state index contributed by atoms with van der Waals surface area (Å²) in [5.41, 5.74) is 0. The van der Waals surface area contributed by atoms with Crippen LogP contribution in [0, 0.1) is 0 Å². The molecule has 5 unspecified atom stereocenters. The van der Waals surface area contributed by atoms with Crippen LogP contribution in [0.2, 0.25) is 0 Å².